The minimum Gasteiger partial charge on any atom is -0.396 e. The third kappa shape index (κ3) is 4.44. The summed E-state index contributed by atoms with van der Waals surface area (Å²) in [5, 5.41) is 12.0. The van der Waals surface area contributed by atoms with Crippen LogP contribution in [0.25, 0.3) is 11.2 Å². The second kappa shape index (κ2) is 7.94. The van der Waals surface area contributed by atoms with Crippen LogP contribution in [0.2, 0.25) is 0 Å². The molecule has 2 aromatic heterocycles. The number of fused-ring (bicyclic) bond motifs is 1. The second-order valence-corrected chi connectivity index (χ2v) is 6.50. The molecule has 2 aromatic rings. The Morgan fingerprint density at radius 3 is 2.73 bits per heavy atom. The highest BCUT2D eigenvalue weighted by Crippen LogP contribution is 2.21. The van der Waals surface area contributed by atoms with Crippen LogP contribution < -0.4 is 5.32 Å². The molecule has 0 bridgehead atoms. The number of rotatable bonds is 4. The first-order chi connectivity index (χ1) is 10.3. The van der Waals surface area contributed by atoms with E-state index in [9.17, 15) is 9.90 Å². The number of nitrogens with one attached hydrogen (secondary N) is 1. The number of aliphatic hydroxyl groups is 1. The van der Waals surface area contributed by atoms with Crippen LogP contribution in [-0.4, -0.2) is 38.1 Å². The molecule has 0 fully saturated rings. The van der Waals surface area contributed by atoms with Gasteiger partial charge in [-0.3, -0.25) is 8.77 Å². The van der Waals surface area contributed by atoms with E-state index in [1.165, 1.54) is 3.97 Å². The van der Waals surface area contributed by atoms with Gasteiger partial charge in [0.2, 0.25) is 0 Å². The van der Waals surface area contributed by atoms with Crippen LogP contribution in [0.1, 0.15) is 38.1 Å². The highest BCUT2D eigenvalue weighted by Gasteiger charge is 2.21. The summed E-state index contributed by atoms with van der Waals surface area (Å²) in [4.78, 5) is 20.6. The van der Waals surface area contributed by atoms with E-state index in [1.807, 2.05) is 27.7 Å². The van der Waals surface area contributed by atoms with Gasteiger partial charge in [-0.1, -0.05) is 40.5 Å². The van der Waals surface area contributed by atoms with Gasteiger partial charge >= 0.3 is 0 Å². The van der Waals surface area contributed by atoms with Gasteiger partial charge in [-0.15, -0.1) is 0 Å². The van der Waals surface area contributed by atoms with E-state index in [0.29, 0.717) is 27.9 Å². The van der Waals surface area contributed by atoms with Gasteiger partial charge in [0.15, 0.2) is 5.65 Å². The van der Waals surface area contributed by atoms with E-state index in [1.54, 1.807) is 12.4 Å². The van der Waals surface area contributed by atoms with Crippen molar-refractivity contribution in [1.82, 2.24) is 19.3 Å². The largest absolute Gasteiger partial charge is 0.396 e. The van der Waals surface area contributed by atoms with E-state index in [4.69, 9.17) is 0 Å². The lowest BCUT2D eigenvalue weighted by atomic mass is 9.95. The summed E-state index contributed by atoms with van der Waals surface area (Å²) in [6.45, 7) is 8.09. The van der Waals surface area contributed by atoms with Gasteiger partial charge in [0, 0.05) is 24.8 Å². The molecule has 0 aliphatic carbocycles. The van der Waals surface area contributed by atoms with E-state index >= 15 is 0 Å². The van der Waals surface area contributed by atoms with E-state index in [0.717, 1.165) is 0 Å². The summed E-state index contributed by atoms with van der Waals surface area (Å²) in [5.74, 6) is -0.267. The molecule has 122 valence electrons. The second-order valence-electron chi connectivity index (χ2n) is 5.26. The maximum atomic E-state index is 12.2. The van der Waals surface area contributed by atoms with Crippen molar-refractivity contribution < 1.29 is 9.90 Å². The van der Waals surface area contributed by atoms with Crippen molar-refractivity contribution in [3.05, 3.63) is 22.6 Å². The molecule has 0 aromatic carbocycles. The molecule has 1 amide bonds. The van der Waals surface area contributed by atoms with Crippen LogP contribution in [0.4, 0.5) is 0 Å². The van der Waals surface area contributed by atoms with Gasteiger partial charge in [0.1, 0.15) is 10.1 Å². The van der Waals surface area contributed by atoms with Crippen LogP contribution in [0.5, 0.6) is 0 Å². The molecule has 0 unspecified atom stereocenters. The van der Waals surface area contributed by atoms with Gasteiger partial charge in [-0.25, -0.2) is 9.97 Å². The Balaban J connectivity index is 0.00000116. The summed E-state index contributed by atoms with van der Waals surface area (Å²) in [6.07, 6.45) is 3.12. The first-order valence-electron chi connectivity index (χ1n) is 6.96. The molecule has 8 heteroatoms. The Bertz CT molecular complexity index is 658. The number of carbonyl (C=O) groups is 1. The maximum Gasteiger partial charge on any atom is 0.255 e. The fourth-order valence-electron chi connectivity index (χ4n) is 1.59. The predicted molar refractivity (Wildman–Crippen MR) is 94.2 cm³/mol. The molecule has 0 aliphatic rings. The monoisotopic (exact) mass is 388 g/mol. The van der Waals surface area contributed by atoms with Crippen molar-refractivity contribution in [1.29, 1.82) is 0 Å². The first-order valence-corrected chi connectivity index (χ1v) is 8.15. The van der Waals surface area contributed by atoms with Crippen molar-refractivity contribution in [2.24, 2.45) is 5.41 Å². The lowest BCUT2D eigenvalue weighted by molar-refractivity contribution is 0.0912. The van der Waals surface area contributed by atoms with Gasteiger partial charge in [0.25, 0.3) is 5.91 Å². The minimum atomic E-state index is -0.374. The fourth-order valence-corrected chi connectivity index (χ4v) is 2.13. The highest BCUT2D eigenvalue weighted by molar-refractivity contribution is 9.10. The number of aliphatic hydroxyl groups excluding tert-OH is 1. The molecule has 0 spiro atoms. The molecule has 0 saturated heterocycles. The molecular formula is C14H21BrN4O2S. The predicted octanol–water partition coefficient (Wildman–Crippen LogP) is 2.66. The van der Waals surface area contributed by atoms with Crippen molar-refractivity contribution in [2.75, 3.05) is 13.2 Å². The fraction of sp³-hybridized carbons (Fsp3) is 0.500. The molecular weight excluding hydrogens is 368 g/mol. The van der Waals surface area contributed by atoms with E-state index in [2.05, 4.69) is 44.0 Å². The van der Waals surface area contributed by atoms with E-state index < -0.39 is 0 Å². The molecule has 2 N–H and O–H groups in total. The summed E-state index contributed by atoms with van der Waals surface area (Å²) in [6, 6.07) is 0. The molecule has 6 nitrogen and oxygen atoms in total. The lowest BCUT2D eigenvalue weighted by Gasteiger charge is -2.21. The van der Waals surface area contributed by atoms with Crippen LogP contribution in [-0.2, 0) is 0 Å². The Kier molecular flexibility index (Phi) is 6.83. The van der Waals surface area contributed by atoms with Crippen LogP contribution >= 0.6 is 28.7 Å². The van der Waals surface area contributed by atoms with Crippen molar-refractivity contribution >= 4 is 45.8 Å². The average molecular weight is 389 g/mol. The molecule has 0 radical (unpaired) electrons. The molecule has 0 aliphatic heterocycles. The Hall–Kier alpha value is -1.12. The number of hydrogen-bond donors (Lipinski definition) is 3. The minimum absolute atomic E-state index is 0.00698. The van der Waals surface area contributed by atoms with Crippen molar-refractivity contribution in [3.8, 4) is 0 Å². The van der Waals surface area contributed by atoms with Crippen LogP contribution in [0.15, 0.2) is 17.0 Å². The number of halogens is 1. The van der Waals surface area contributed by atoms with Crippen molar-refractivity contribution in [2.45, 2.75) is 27.7 Å². The number of amides is 1. The summed E-state index contributed by atoms with van der Waals surface area (Å²) in [5.41, 5.74) is 1.02. The van der Waals surface area contributed by atoms with Gasteiger partial charge in [-0.05, 0) is 15.9 Å². The summed E-state index contributed by atoms with van der Waals surface area (Å²) >= 11 is 7.46. The normalized spacial score (nSPS) is 11.0. The first kappa shape index (κ1) is 18.9. The highest BCUT2D eigenvalue weighted by atomic mass is 79.9. The SMILES string of the molecule is CC.CC(C)(CO)CNC(=O)c1cn(S)c2ncc(Br)nc12. The van der Waals surface area contributed by atoms with E-state index in [-0.39, 0.29) is 17.9 Å². The molecule has 0 saturated carbocycles. The molecule has 2 heterocycles. The van der Waals surface area contributed by atoms with Crippen LogP contribution in [0, 0.1) is 5.41 Å². The summed E-state index contributed by atoms with van der Waals surface area (Å²) < 4.78 is 2.01. The molecule has 0 atom stereocenters. The van der Waals surface area contributed by atoms with Gasteiger partial charge in [0.05, 0.1) is 11.8 Å². The van der Waals surface area contributed by atoms with Gasteiger partial charge in [-0.2, -0.15) is 0 Å². The summed E-state index contributed by atoms with van der Waals surface area (Å²) in [7, 11) is 0. The number of nitrogens with zero attached hydrogens (tertiary/aromatic N) is 3. The zero-order valence-electron chi connectivity index (χ0n) is 13.1. The smallest absolute Gasteiger partial charge is 0.255 e. The number of aromatic nitrogens is 3. The zero-order valence-corrected chi connectivity index (χ0v) is 15.6. The number of hydrogen-bond acceptors (Lipinski definition) is 5. The molecule has 2 rings (SSSR count). The Morgan fingerprint density at radius 1 is 1.50 bits per heavy atom. The topological polar surface area (TPSA) is 80.0 Å². The third-order valence-corrected chi connectivity index (χ3v) is 3.53. The quantitative estimate of drug-likeness (QED) is 0.703. The van der Waals surface area contributed by atoms with Gasteiger partial charge < -0.3 is 10.4 Å². The maximum absolute atomic E-state index is 12.2. The average Bonchev–Trinajstić information content (AvgIpc) is 2.83. The number of carbonyl (C=O) groups excluding carboxylic acids is 1. The Morgan fingerprint density at radius 2 is 2.14 bits per heavy atom. The lowest BCUT2D eigenvalue weighted by Crippen LogP contribution is -2.36. The Labute approximate surface area is 144 Å². The van der Waals surface area contributed by atoms with Crippen molar-refractivity contribution in [3.63, 3.8) is 0 Å². The molecule has 22 heavy (non-hydrogen) atoms. The standard InChI is InChI=1S/C12H15BrN4O2S.C2H6/c1-12(2,6-18)5-15-11(19)7-4-17(20)10-9(7)16-8(13)3-14-10;1-2/h3-4,18,20H,5-6H2,1-2H3,(H,15,19);1-2H3. The third-order valence-electron chi connectivity index (χ3n) is 2.85. The zero-order chi connectivity index (χ0) is 16.9. The number of thiol groups is 1. The van der Waals surface area contributed by atoms with Crippen LogP contribution in [0.3, 0.4) is 0 Å².